The third-order valence-electron chi connectivity index (χ3n) is 1.37. The van der Waals surface area contributed by atoms with Crippen LogP contribution in [0, 0.1) is 0 Å². The van der Waals surface area contributed by atoms with Gasteiger partial charge in [0.05, 0.1) is 6.20 Å². The number of hydrogen-bond acceptors (Lipinski definition) is 2. The number of rotatable bonds is 2. The van der Waals surface area contributed by atoms with Crippen LogP contribution in [0.1, 0.15) is 12.6 Å². The molecule has 10 heavy (non-hydrogen) atoms. The van der Waals surface area contributed by atoms with Gasteiger partial charge in [0.15, 0.2) is 4.73 Å². The Bertz CT molecular complexity index is 222. The van der Waals surface area contributed by atoms with Crippen molar-refractivity contribution in [2.75, 3.05) is 0 Å². The van der Waals surface area contributed by atoms with Gasteiger partial charge in [0.2, 0.25) is 0 Å². The highest BCUT2D eigenvalue weighted by molar-refractivity contribution is 9.10. The SMILES string of the molecule is CCn1c(CS)cnc1Br. The number of aromatic nitrogens is 2. The molecule has 0 fully saturated rings. The predicted octanol–water partition coefficient (Wildman–Crippen LogP) is 2.10. The fourth-order valence-electron chi connectivity index (χ4n) is 0.845. The summed E-state index contributed by atoms with van der Waals surface area (Å²) in [6.45, 7) is 3.02. The topological polar surface area (TPSA) is 17.8 Å². The molecule has 0 N–H and O–H groups in total. The Morgan fingerprint density at radius 3 is 2.90 bits per heavy atom. The third-order valence-corrected chi connectivity index (χ3v) is 2.32. The summed E-state index contributed by atoms with van der Waals surface area (Å²) < 4.78 is 2.96. The molecule has 0 aliphatic carbocycles. The number of halogens is 1. The van der Waals surface area contributed by atoms with Crippen LogP contribution in [0.3, 0.4) is 0 Å². The molecular formula is C6H9BrN2S. The maximum Gasteiger partial charge on any atom is 0.177 e. The minimum atomic E-state index is 0.742. The first kappa shape index (κ1) is 8.14. The first-order valence-corrected chi connectivity index (χ1v) is 4.53. The van der Waals surface area contributed by atoms with Crippen LogP contribution >= 0.6 is 28.6 Å². The van der Waals surface area contributed by atoms with Crippen molar-refractivity contribution in [2.45, 2.75) is 19.2 Å². The summed E-state index contributed by atoms with van der Waals surface area (Å²) in [6, 6.07) is 0. The lowest BCUT2D eigenvalue weighted by molar-refractivity contribution is 0.715. The Morgan fingerprint density at radius 2 is 2.50 bits per heavy atom. The van der Waals surface area contributed by atoms with Gasteiger partial charge in [-0.05, 0) is 22.9 Å². The molecule has 2 nitrogen and oxygen atoms in total. The van der Waals surface area contributed by atoms with E-state index in [-0.39, 0.29) is 0 Å². The van der Waals surface area contributed by atoms with E-state index in [1.807, 2.05) is 6.20 Å². The summed E-state index contributed by atoms with van der Waals surface area (Å²) in [5.41, 5.74) is 1.15. The molecule has 4 heteroatoms. The van der Waals surface area contributed by atoms with Crippen molar-refractivity contribution in [3.05, 3.63) is 16.6 Å². The summed E-state index contributed by atoms with van der Waals surface area (Å²) >= 11 is 7.50. The van der Waals surface area contributed by atoms with Crippen molar-refractivity contribution < 1.29 is 0 Å². The van der Waals surface area contributed by atoms with Crippen LogP contribution in [-0.2, 0) is 12.3 Å². The second kappa shape index (κ2) is 3.44. The van der Waals surface area contributed by atoms with E-state index in [0.717, 1.165) is 22.7 Å². The molecule has 0 aliphatic heterocycles. The maximum absolute atomic E-state index is 4.17. The summed E-state index contributed by atoms with van der Waals surface area (Å²) in [6.07, 6.45) is 1.83. The Hall–Kier alpha value is 0.0400. The average Bonchev–Trinajstić information content (AvgIpc) is 2.30. The van der Waals surface area contributed by atoms with Crippen molar-refractivity contribution in [1.82, 2.24) is 9.55 Å². The minimum absolute atomic E-state index is 0.742. The molecule has 1 aromatic heterocycles. The van der Waals surface area contributed by atoms with Gasteiger partial charge in [0, 0.05) is 18.0 Å². The van der Waals surface area contributed by atoms with E-state index in [9.17, 15) is 0 Å². The van der Waals surface area contributed by atoms with Crippen LogP contribution < -0.4 is 0 Å². The highest BCUT2D eigenvalue weighted by atomic mass is 79.9. The lowest BCUT2D eigenvalue weighted by Crippen LogP contribution is -1.98. The normalized spacial score (nSPS) is 10.3. The molecule has 0 saturated carbocycles. The molecule has 56 valence electrons. The molecule has 0 amide bonds. The molecule has 1 rings (SSSR count). The fourth-order valence-corrected chi connectivity index (χ4v) is 1.68. The largest absolute Gasteiger partial charge is 0.322 e. The van der Waals surface area contributed by atoms with Gasteiger partial charge in [0.1, 0.15) is 0 Å². The third kappa shape index (κ3) is 1.37. The van der Waals surface area contributed by atoms with Crippen LogP contribution in [0.5, 0.6) is 0 Å². The smallest absolute Gasteiger partial charge is 0.177 e. The molecule has 1 heterocycles. The predicted molar refractivity (Wildman–Crippen MR) is 48.3 cm³/mol. The zero-order valence-electron chi connectivity index (χ0n) is 5.71. The second-order valence-electron chi connectivity index (χ2n) is 1.92. The highest BCUT2D eigenvalue weighted by Gasteiger charge is 2.02. The number of imidazole rings is 1. The molecule has 0 atom stereocenters. The van der Waals surface area contributed by atoms with E-state index in [4.69, 9.17) is 0 Å². The standard InChI is InChI=1S/C6H9BrN2S/c1-2-9-5(4-10)3-8-6(9)7/h3,10H,2,4H2,1H3. The van der Waals surface area contributed by atoms with Crippen molar-refractivity contribution in [2.24, 2.45) is 0 Å². The Kier molecular flexibility index (Phi) is 2.80. The van der Waals surface area contributed by atoms with Crippen molar-refractivity contribution in [1.29, 1.82) is 0 Å². The van der Waals surface area contributed by atoms with Crippen LogP contribution in [0.4, 0.5) is 0 Å². The van der Waals surface area contributed by atoms with E-state index in [1.54, 1.807) is 0 Å². The van der Waals surface area contributed by atoms with Crippen molar-refractivity contribution in [3.8, 4) is 0 Å². The second-order valence-corrected chi connectivity index (χ2v) is 2.95. The monoisotopic (exact) mass is 220 g/mol. The summed E-state index contributed by atoms with van der Waals surface area (Å²) in [7, 11) is 0. The number of thiol groups is 1. The average molecular weight is 221 g/mol. The van der Waals surface area contributed by atoms with E-state index in [2.05, 4.69) is 45.0 Å². The first-order chi connectivity index (χ1) is 4.79. The van der Waals surface area contributed by atoms with E-state index < -0.39 is 0 Å². The van der Waals surface area contributed by atoms with Crippen LogP contribution in [0.15, 0.2) is 10.9 Å². The summed E-state index contributed by atoms with van der Waals surface area (Å²) in [5, 5.41) is 0. The van der Waals surface area contributed by atoms with Crippen molar-refractivity contribution in [3.63, 3.8) is 0 Å². The lowest BCUT2D eigenvalue weighted by Gasteiger charge is -2.01. The molecule has 0 radical (unpaired) electrons. The molecule has 0 spiro atoms. The van der Waals surface area contributed by atoms with E-state index >= 15 is 0 Å². The van der Waals surface area contributed by atoms with Gasteiger partial charge < -0.3 is 4.57 Å². The molecule has 0 saturated heterocycles. The molecule has 0 unspecified atom stereocenters. The van der Waals surface area contributed by atoms with Gasteiger partial charge in [-0.25, -0.2) is 4.98 Å². The quantitative estimate of drug-likeness (QED) is 0.757. The fraction of sp³-hybridized carbons (Fsp3) is 0.500. The number of hydrogen-bond donors (Lipinski definition) is 1. The molecule has 1 aromatic rings. The lowest BCUT2D eigenvalue weighted by atomic mass is 10.5. The molecule has 0 bridgehead atoms. The van der Waals surface area contributed by atoms with Gasteiger partial charge >= 0.3 is 0 Å². The first-order valence-electron chi connectivity index (χ1n) is 3.10. The Balaban J connectivity index is 3.01. The van der Waals surface area contributed by atoms with E-state index in [0.29, 0.717) is 0 Å². The van der Waals surface area contributed by atoms with Gasteiger partial charge in [-0.3, -0.25) is 0 Å². The Labute approximate surface area is 74.2 Å². The minimum Gasteiger partial charge on any atom is -0.322 e. The van der Waals surface area contributed by atoms with Gasteiger partial charge in [-0.2, -0.15) is 12.6 Å². The van der Waals surface area contributed by atoms with E-state index in [1.165, 1.54) is 0 Å². The van der Waals surface area contributed by atoms with Crippen LogP contribution in [0.25, 0.3) is 0 Å². The zero-order valence-corrected chi connectivity index (χ0v) is 8.19. The molecule has 0 aliphatic rings. The zero-order chi connectivity index (χ0) is 7.56. The highest BCUT2D eigenvalue weighted by Crippen LogP contribution is 2.12. The van der Waals surface area contributed by atoms with Crippen LogP contribution in [-0.4, -0.2) is 9.55 Å². The Morgan fingerprint density at radius 1 is 1.80 bits per heavy atom. The summed E-state index contributed by atoms with van der Waals surface area (Å²) in [5.74, 6) is 0.742. The van der Waals surface area contributed by atoms with Gasteiger partial charge in [-0.1, -0.05) is 0 Å². The van der Waals surface area contributed by atoms with Gasteiger partial charge in [0.25, 0.3) is 0 Å². The van der Waals surface area contributed by atoms with Crippen LogP contribution in [0.2, 0.25) is 0 Å². The molecular weight excluding hydrogens is 212 g/mol. The summed E-state index contributed by atoms with van der Waals surface area (Å²) in [4.78, 5) is 4.09. The molecule has 0 aromatic carbocycles. The number of nitrogens with zero attached hydrogens (tertiary/aromatic N) is 2. The van der Waals surface area contributed by atoms with Crippen molar-refractivity contribution >= 4 is 28.6 Å². The van der Waals surface area contributed by atoms with Gasteiger partial charge in [-0.15, -0.1) is 0 Å². The maximum atomic E-state index is 4.17.